The molecular formula is C50H36N2O. The number of benzene rings is 8. The smallest absolute Gasteiger partial charge is 0.227 e. The topological polar surface area (TPSA) is 29.3 Å². The molecule has 0 saturated carbocycles. The lowest BCUT2D eigenvalue weighted by atomic mass is 9.82. The highest BCUT2D eigenvalue weighted by Gasteiger charge is 2.36. The van der Waals surface area contributed by atoms with Gasteiger partial charge in [0.2, 0.25) is 5.89 Å². The van der Waals surface area contributed by atoms with E-state index in [1.807, 2.05) is 30.3 Å². The molecule has 252 valence electrons. The van der Waals surface area contributed by atoms with Crippen molar-refractivity contribution in [2.45, 2.75) is 19.3 Å². The van der Waals surface area contributed by atoms with Gasteiger partial charge in [0, 0.05) is 33.4 Å². The molecule has 0 spiro atoms. The number of hydrogen-bond acceptors (Lipinski definition) is 3. The first-order valence-electron chi connectivity index (χ1n) is 18.2. The third kappa shape index (κ3) is 5.08. The third-order valence-electron chi connectivity index (χ3n) is 10.9. The lowest BCUT2D eigenvalue weighted by molar-refractivity contribution is 0.623. The average molecular weight is 681 g/mol. The van der Waals surface area contributed by atoms with Gasteiger partial charge in [-0.2, -0.15) is 0 Å². The zero-order chi connectivity index (χ0) is 35.5. The van der Waals surface area contributed by atoms with Crippen LogP contribution < -0.4 is 4.90 Å². The van der Waals surface area contributed by atoms with Gasteiger partial charge in [-0.15, -0.1) is 0 Å². The van der Waals surface area contributed by atoms with Crippen LogP contribution in [0, 0.1) is 0 Å². The minimum absolute atomic E-state index is 0.0295. The van der Waals surface area contributed by atoms with Gasteiger partial charge in [-0.05, 0) is 104 Å². The average Bonchev–Trinajstić information content (AvgIpc) is 3.76. The predicted octanol–water partition coefficient (Wildman–Crippen LogP) is 13.8. The highest BCUT2D eigenvalue weighted by Crippen LogP contribution is 2.52. The maximum absolute atomic E-state index is 6.37. The van der Waals surface area contributed by atoms with Crippen molar-refractivity contribution in [3.05, 3.63) is 193 Å². The molecule has 0 unspecified atom stereocenters. The van der Waals surface area contributed by atoms with E-state index in [2.05, 4.69) is 170 Å². The number of nitrogens with zero attached hydrogens (tertiary/aromatic N) is 2. The second kappa shape index (κ2) is 12.2. The number of oxazole rings is 1. The summed E-state index contributed by atoms with van der Waals surface area (Å²) in [6.07, 6.45) is 0. The summed E-state index contributed by atoms with van der Waals surface area (Å²) in [6.45, 7) is 4.68. The van der Waals surface area contributed by atoms with Crippen molar-refractivity contribution >= 4 is 38.9 Å². The number of fused-ring (bicyclic) bond motifs is 6. The van der Waals surface area contributed by atoms with Crippen LogP contribution in [0.3, 0.4) is 0 Å². The Morgan fingerprint density at radius 1 is 0.434 bits per heavy atom. The van der Waals surface area contributed by atoms with Gasteiger partial charge in [0.05, 0.1) is 0 Å². The summed E-state index contributed by atoms with van der Waals surface area (Å²) in [5, 5.41) is 2.19. The van der Waals surface area contributed by atoms with Crippen LogP contribution in [-0.4, -0.2) is 4.98 Å². The molecule has 9 aromatic rings. The molecule has 0 fully saturated rings. The van der Waals surface area contributed by atoms with Crippen molar-refractivity contribution in [3.8, 4) is 44.8 Å². The molecular weight excluding hydrogens is 645 g/mol. The van der Waals surface area contributed by atoms with E-state index in [4.69, 9.17) is 9.40 Å². The van der Waals surface area contributed by atoms with Crippen molar-refractivity contribution in [2.24, 2.45) is 0 Å². The van der Waals surface area contributed by atoms with Crippen LogP contribution in [0.4, 0.5) is 17.1 Å². The van der Waals surface area contributed by atoms with Crippen LogP contribution >= 0.6 is 0 Å². The molecule has 1 aliphatic carbocycles. The van der Waals surface area contributed by atoms with Crippen molar-refractivity contribution in [2.75, 3.05) is 4.90 Å². The van der Waals surface area contributed by atoms with Crippen LogP contribution in [0.5, 0.6) is 0 Å². The molecule has 0 bridgehead atoms. The van der Waals surface area contributed by atoms with Crippen molar-refractivity contribution < 1.29 is 4.42 Å². The van der Waals surface area contributed by atoms with Gasteiger partial charge in [0.1, 0.15) is 5.52 Å². The second-order valence-corrected chi connectivity index (χ2v) is 14.4. The Hall–Kier alpha value is -6.71. The Bertz CT molecular complexity index is 2780. The SMILES string of the molecule is CC1(C)c2ccccc2-c2c(-c3ccc(N(c4ccccc4)c4ccc(-c5cccc6c5ccc5nc(-c7ccccc7)oc56)cc4)cc3)cccc21. The predicted molar refractivity (Wildman–Crippen MR) is 220 cm³/mol. The van der Waals surface area contributed by atoms with E-state index in [1.165, 1.54) is 33.4 Å². The Morgan fingerprint density at radius 2 is 1.00 bits per heavy atom. The van der Waals surface area contributed by atoms with E-state index in [9.17, 15) is 0 Å². The first-order valence-corrected chi connectivity index (χ1v) is 18.2. The zero-order valence-corrected chi connectivity index (χ0v) is 29.6. The summed E-state index contributed by atoms with van der Waals surface area (Å²) in [5.41, 5.74) is 16.2. The second-order valence-electron chi connectivity index (χ2n) is 14.4. The Labute approximate surface area is 309 Å². The Morgan fingerprint density at radius 3 is 1.74 bits per heavy atom. The number of hydrogen-bond donors (Lipinski definition) is 0. The highest BCUT2D eigenvalue weighted by atomic mass is 16.3. The third-order valence-corrected chi connectivity index (χ3v) is 10.9. The van der Waals surface area contributed by atoms with E-state index >= 15 is 0 Å². The molecule has 8 aromatic carbocycles. The minimum atomic E-state index is -0.0295. The fourth-order valence-electron chi connectivity index (χ4n) is 8.30. The molecule has 10 rings (SSSR count). The Kier molecular flexibility index (Phi) is 7.16. The van der Waals surface area contributed by atoms with E-state index < -0.39 is 0 Å². The molecule has 1 aliphatic rings. The maximum Gasteiger partial charge on any atom is 0.227 e. The molecule has 0 atom stereocenters. The largest absolute Gasteiger partial charge is 0.435 e. The Balaban J connectivity index is 1.02. The summed E-state index contributed by atoms with van der Waals surface area (Å²) in [4.78, 5) is 7.13. The van der Waals surface area contributed by atoms with Crippen molar-refractivity contribution in [1.82, 2.24) is 4.98 Å². The molecule has 1 heterocycles. The normalized spacial score (nSPS) is 12.9. The minimum Gasteiger partial charge on any atom is -0.435 e. The fraction of sp³-hybridized carbons (Fsp3) is 0.0600. The highest BCUT2D eigenvalue weighted by molar-refractivity contribution is 6.09. The summed E-state index contributed by atoms with van der Waals surface area (Å²) in [5.74, 6) is 0.638. The summed E-state index contributed by atoms with van der Waals surface area (Å²) < 4.78 is 6.37. The monoisotopic (exact) mass is 680 g/mol. The first kappa shape index (κ1) is 31.1. The lowest BCUT2D eigenvalue weighted by Crippen LogP contribution is -2.14. The van der Waals surface area contributed by atoms with Crippen molar-refractivity contribution in [1.29, 1.82) is 0 Å². The van der Waals surface area contributed by atoms with E-state index in [1.54, 1.807) is 0 Å². The first-order chi connectivity index (χ1) is 26.0. The van der Waals surface area contributed by atoms with Crippen LogP contribution in [-0.2, 0) is 5.41 Å². The number of anilines is 3. The molecule has 0 amide bonds. The number of para-hydroxylation sites is 1. The van der Waals surface area contributed by atoms with Crippen molar-refractivity contribution in [3.63, 3.8) is 0 Å². The summed E-state index contributed by atoms with van der Waals surface area (Å²) in [7, 11) is 0. The van der Waals surface area contributed by atoms with Gasteiger partial charge in [-0.3, -0.25) is 0 Å². The van der Waals surface area contributed by atoms with Crippen LogP contribution in [0.2, 0.25) is 0 Å². The van der Waals surface area contributed by atoms with E-state index in [0.29, 0.717) is 5.89 Å². The van der Waals surface area contributed by atoms with Gasteiger partial charge in [-0.25, -0.2) is 4.98 Å². The summed E-state index contributed by atoms with van der Waals surface area (Å²) in [6, 6.07) is 64.9. The maximum atomic E-state index is 6.37. The van der Waals surface area contributed by atoms with Gasteiger partial charge in [-0.1, -0.05) is 141 Å². The van der Waals surface area contributed by atoms with E-state index in [0.717, 1.165) is 55.6 Å². The molecule has 0 radical (unpaired) electrons. The van der Waals surface area contributed by atoms with E-state index in [-0.39, 0.29) is 5.41 Å². The lowest BCUT2D eigenvalue weighted by Gasteiger charge is -2.26. The van der Waals surface area contributed by atoms with Gasteiger partial charge >= 0.3 is 0 Å². The van der Waals surface area contributed by atoms with Crippen LogP contribution in [0.25, 0.3) is 66.7 Å². The fourth-order valence-corrected chi connectivity index (χ4v) is 8.30. The number of aromatic nitrogens is 1. The van der Waals surface area contributed by atoms with Gasteiger partial charge < -0.3 is 9.32 Å². The summed E-state index contributed by atoms with van der Waals surface area (Å²) >= 11 is 0. The standard InChI is InChI=1S/C50H36N2O/c1-50(2)44-21-10-9-17-43(44)47-40(19-12-22-45(47)50)34-25-29-38(30-26-34)52(36-15-7-4-8-16-36)37-27-23-33(24-28-37)39-18-11-20-42-41(39)31-32-46-48(42)53-49(51-46)35-13-5-3-6-14-35/h3-32H,1-2H3. The molecule has 3 nitrogen and oxygen atoms in total. The molecule has 53 heavy (non-hydrogen) atoms. The molecule has 0 aliphatic heterocycles. The molecule has 1 aromatic heterocycles. The quantitative estimate of drug-likeness (QED) is 0.175. The molecule has 0 saturated heterocycles. The number of rotatable bonds is 6. The zero-order valence-electron chi connectivity index (χ0n) is 29.6. The van der Waals surface area contributed by atoms with Gasteiger partial charge in [0.15, 0.2) is 5.58 Å². The van der Waals surface area contributed by atoms with Crippen LogP contribution in [0.15, 0.2) is 186 Å². The van der Waals surface area contributed by atoms with Crippen LogP contribution in [0.1, 0.15) is 25.0 Å². The van der Waals surface area contributed by atoms with Gasteiger partial charge in [0.25, 0.3) is 0 Å². The molecule has 0 N–H and O–H groups in total. The molecule has 3 heteroatoms.